The molecule has 0 aliphatic carbocycles. The van der Waals surface area contributed by atoms with Gasteiger partial charge in [-0.15, -0.1) is 0 Å². The maximum atomic E-state index is 15.1. The molecule has 2 aromatic rings. The molecule has 7 nitrogen and oxygen atoms in total. The van der Waals surface area contributed by atoms with Crippen LogP contribution in [0, 0.1) is 30.4 Å². The molecule has 1 unspecified atom stereocenters. The van der Waals surface area contributed by atoms with Crippen LogP contribution in [0.2, 0.25) is 5.02 Å². The first-order chi connectivity index (χ1) is 14.0. The van der Waals surface area contributed by atoms with Gasteiger partial charge in [-0.3, -0.25) is 9.59 Å². The van der Waals surface area contributed by atoms with Gasteiger partial charge in [0.15, 0.2) is 11.6 Å². The summed E-state index contributed by atoms with van der Waals surface area (Å²) in [5.74, 6) is -3.17. The van der Waals surface area contributed by atoms with Crippen LogP contribution in [0.1, 0.15) is 29.4 Å². The number of benzene rings is 1. The Morgan fingerprint density at radius 1 is 1.40 bits per heavy atom. The van der Waals surface area contributed by atoms with Crippen LogP contribution >= 0.6 is 11.6 Å². The second-order valence-electron chi connectivity index (χ2n) is 7.08. The molecule has 3 rings (SSSR count). The number of nitrogens with zero attached hydrogens (tertiary/aromatic N) is 1. The second-order valence-corrected chi connectivity index (χ2v) is 7.46. The van der Waals surface area contributed by atoms with Crippen molar-refractivity contribution in [2.24, 2.45) is 5.73 Å². The van der Waals surface area contributed by atoms with Gasteiger partial charge in [0.05, 0.1) is 28.8 Å². The van der Waals surface area contributed by atoms with Gasteiger partial charge in [0.2, 0.25) is 5.85 Å². The van der Waals surface area contributed by atoms with Crippen LogP contribution in [0.15, 0.2) is 0 Å². The number of aromatic nitrogens is 1. The highest BCUT2D eigenvalue weighted by Gasteiger charge is 2.41. The lowest BCUT2D eigenvalue weighted by molar-refractivity contribution is -0.120. The molecular formula is C19H18ClF3N4O3. The van der Waals surface area contributed by atoms with Crippen LogP contribution in [-0.4, -0.2) is 46.9 Å². The van der Waals surface area contributed by atoms with Crippen LogP contribution in [0.3, 0.4) is 0 Å². The van der Waals surface area contributed by atoms with Crippen molar-refractivity contribution < 1.29 is 27.9 Å². The van der Waals surface area contributed by atoms with E-state index in [0.29, 0.717) is 5.69 Å². The Balaban J connectivity index is 2.18. The summed E-state index contributed by atoms with van der Waals surface area (Å²) in [6, 6.07) is -0.964. The van der Waals surface area contributed by atoms with Crippen molar-refractivity contribution in [1.29, 1.82) is 0 Å². The molecule has 30 heavy (non-hydrogen) atoms. The first-order valence-electron chi connectivity index (χ1n) is 8.84. The lowest BCUT2D eigenvalue weighted by Gasteiger charge is -2.40. The molecule has 0 bridgehead atoms. The van der Waals surface area contributed by atoms with E-state index in [0.717, 1.165) is 4.90 Å². The number of carbonyl (C=O) groups is 2. The largest absolute Gasteiger partial charge is 0.365 e. The minimum Gasteiger partial charge on any atom is -0.365 e. The van der Waals surface area contributed by atoms with Crippen molar-refractivity contribution >= 4 is 40.0 Å². The van der Waals surface area contributed by atoms with Gasteiger partial charge in [-0.05, 0) is 19.8 Å². The number of amides is 2. The third kappa shape index (κ3) is 3.78. The number of primary amides is 1. The number of β-amino-alcohol motifs (C(OH)–C–C–N with tert-alkyl or cyclic N) is 1. The Hall–Kier alpha value is -2.90. The van der Waals surface area contributed by atoms with E-state index in [1.54, 1.807) is 0 Å². The highest BCUT2D eigenvalue weighted by atomic mass is 35.5. The second kappa shape index (κ2) is 7.74. The molecule has 2 amide bonds. The summed E-state index contributed by atoms with van der Waals surface area (Å²) in [6.45, 7) is 2.05. The SMILES string of the molecule is CC#CC(=O)N[C@@H]1CN(c2c(F)c(F)c(C(N)=O)c3[nH]c(C)c(Cl)c23)CC(O)(F)C1. The van der Waals surface area contributed by atoms with Gasteiger partial charge in [0.1, 0.15) is 5.56 Å². The standard InChI is InChI=1S/C19H18ClF3N4O3/c1-3-4-10(28)26-9-5-19(23,30)7-27(6-9)17-11-13(20)8(2)25-16(11)12(18(24)29)14(21)15(17)22/h9,25,30H,5-7H2,1-2H3,(H2,24,29)(H,26,28)/t9-,19?/m0/s1. The fourth-order valence-corrected chi connectivity index (χ4v) is 3.94. The number of hydrogen-bond donors (Lipinski definition) is 4. The minimum atomic E-state index is -2.83. The Kier molecular flexibility index (Phi) is 5.62. The number of anilines is 1. The molecule has 11 heteroatoms. The van der Waals surface area contributed by atoms with E-state index in [9.17, 15) is 23.5 Å². The number of H-pyrrole nitrogens is 1. The number of aryl methyl sites for hydroxylation is 1. The van der Waals surface area contributed by atoms with Gasteiger partial charge >= 0.3 is 0 Å². The molecule has 5 N–H and O–H groups in total. The summed E-state index contributed by atoms with van der Waals surface area (Å²) in [4.78, 5) is 27.2. The molecule has 1 aromatic carbocycles. The Morgan fingerprint density at radius 2 is 2.07 bits per heavy atom. The summed E-state index contributed by atoms with van der Waals surface area (Å²) in [5, 5.41) is 12.4. The molecule has 2 heterocycles. The summed E-state index contributed by atoms with van der Waals surface area (Å²) in [5.41, 5.74) is 4.17. The Morgan fingerprint density at radius 3 is 2.67 bits per heavy atom. The molecule has 1 aliphatic rings. The zero-order valence-corrected chi connectivity index (χ0v) is 16.8. The maximum absolute atomic E-state index is 15.1. The van der Waals surface area contributed by atoms with Crippen molar-refractivity contribution in [1.82, 2.24) is 10.3 Å². The van der Waals surface area contributed by atoms with Crippen molar-refractivity contribution in [2.75, 3.05) is 18.0 Å². The van der Waals surface area contributed by atoms with Crippen molar-refractivity contribution in [3.8, 4) is 11.8 Å². The van der Waals surface area contributed by atoms with E-state index in [2.05, 4.69) is 22.1 Å². The van der Waals surface area contributed by atoms with Gasteiger partial charge in [0.25, 0.3) is 11.8 Å². The Bertz CT molecular complexity index is 1120. The van der Waals surface area contributed by atoms with Crippen LogP contribution in [0.5, 0.6) is 0 Å². The lowest BCUT2D eigenvalue weighted by Crippen LogP contribution is -2.57. The van der Waals surface area contributed by atoms with E-state index in [4.69, 9.17) is 17.3 Å². The van der Waals surface area contributed by atoms with Gasteiger partial charge < -0.3 is 26.0 Å². The molecule has 1 fully saturated rings. The number of carbonyl (C=O) groups excluding carboxylic acids is 2. The first kappa shape index (κ1) is 21.8. The predicted octanol–water partition coefficient (Wildman–Crippen LogP) is 1.88. The monoisotopic (exact) mass is 442 g/mol. The number of aromatic amines is 1. The molecule has 1 saturated heterocycles. The Labute approximate surface area is 174 Å². The average Bonchev–Trinajstić information content (AvgIpc) is 2.89. The molecule has 0 radical (unpaired) electrons. The van der Waals surface area contributed by atoms with Gasteiger partial charge in [-0.2, -0.15) is 0 Å². The number of alkyl halides is 1. The number of hydrogen-bond acceptors (Lipinski definition) is 4. The van der Waals surface area contributed by atoms with Crippen LogP contribution in [0.25, 0.3) is 10.9 Å². The normalized spacial score (nSPS) is 21.3. The quantitative estimate of drug-likeness (QED) is 0.544. The van der Waals surface area contributed by atoms with E-state index in [1.807, 2.05) is 0 Å². The first-order valence-corrected chi connectivity index (χ1v) is 9.22. The summed E-state index contributed by atoms with van der Waals surface area (Å²) in [7, 11) is 0. The molecule has 2 atom stereocenters. The highest BCUT2D eigenvalue weighted by Crippen LogP contribution is 2.42. The summed E-state index contributed by atoms with van der Waals surface area (Å²) < 4.78 is 44.4. The smallest absolute Gasteiger partial charge is 0.296 e. The van der Waals surface area contributed by atoms with Crippen LogP contribution in [0.4, 0.5) is 18.9 Å². The van der Waals surface area contributed by atoms with E-state index < -0.39 is 59.6 Å². The zero-order valence-electron chi connectivity index (χ0n) is 16.0. The van der Waals surface area contributed by atoms with E-state index >= 15 is 4.39 Å². The number of aliphatic hydroxyl groups is 1. The zero-order chi connectivity index (χ0) is 22.4. The lowest BCUT2D eigenvalue weighted by atomic mass is 9.98. The van der Waals surface area contributed by atoms with E-state index in [-0.39, 0.29) is 22.5 Å². The highest BCUT2D eigenvalue weighted by molar-refractivity contribution is 6.38. The molecule has 1 aromatic heterocycles. The van der Waals surface area contributed by atoms with E-state index in [1.165, 1.54) is 13.8 Å². The number of rotatable bonds is 3. The van der Waals surface area contributed by atoms with Crippen LogP contribution < -0.4 is 16.0 Å². The van der Waals surface area contributed by atoms with Crippen molar-refractivity contribution in [3.63, 3.8) is 0 Å². The van der Waals surface area contributed by atoms with Crippen molar-refractivity contribution in [3.05, 3.63) is 27.9 Å². The third-order valence-corrected chi connectivity index (χ3v) is 5.26. The van der Waals surface area contributed by atoms with Gasteiger partial charge in [0, 0.05) is 24.0 Å². The number of nitrogens with two attached hydrogens (primary N) is 1. The minimum absolute atomic E-state index is 0.0215. The van der Waals surface area contributed by atoms with Crippen LogP contribution in [-0.2, 0) is 4.79 Å². The number of nitrogens with one attached hydrogen (secondary N) is 2. The molecular weight excluding hydrogens is 425 g/mol. The predicted molar refractivity (Wildman–Crippen MR) is 105 cm³/mol. The summed E-state index contributed by atoms with van der Waals surface area (Å²) in [6.07, 6.45) is -0.479. The van der Waals surface area contributed by atoms with Gasteiger partial charge in [-0.25, -0.2) is 13.2 Å². The average molecular weight is 443 g/mol. The number of fused-ring (bicyclic) bond motifs is 1. The maximum Gasteiger partial charge on any atom is 0.296 e. The fraction of sp³-hybridized carbons (Fsp3) is 0.368. The third-order valence-electron chi connectivity index (χ3n) is 4.79. The number of halogens is 4. The molecule has 0 saturated carbocycles. The topological polar surface area (TPSA) is 111 Å². The van der Waals surface area contributed by atoms with Crippen molar-refractivity contribution in [2.45, 2.75) is 32.2 Å². The van der Waals surface area contributed by atoms with Gasteiger partial charge in [-0.1, -0.05) is 17.5 Å². The summed E-state index contributed by atoms with van der Waals surface area (Å²) >= 11 is 6.26. The molecule has 1 aliphatic heterocycles. The molecule has 160 valence electrons. The molecule has 0 spiro atoms. The fourth-order valence-electron chi connectivity index (χ4n) is 3.71. The number of piperidine rings is 1.